The van der Waals surface area contributed by atoms with Gasteiger partial charge in [-0.1, -0.05) is 0 Å². The van der Waals surface area contributed by atoms with Gasteiger partial charge in [-0.3, -0.25) is 14.5 Å². The number of nitrogens with zero attached hydrogens (tertiary/aromatic N) is 2. The summed E-state index contributed by atoms with van der Waals surface area (Å²) in [5, 5.41) is 2.64. The van der Waals surface area contributed by atoms with Crippen molar-refractivity contribution in [2.75, 3.05) is 40.3 Å². The van der Waals surface area contributed by atoms with Crippen LogP contribution in [0, 0.1) is 6.92 Å². The number of carbonyl (C=O) groups excluding carboxylic acids is 2. The zero-order chi connectivity index (χ0) is 15.9. The summed E-state index contributed by atoms with van der Waals surface area (Å²) in [6.45, 7) is 3.88. The number of hydrogen-bond donors (Lipinski definition) is 1. The van der Waals surface area contributed by atoms with Gasteiger partial charge in [0.15, 0.2) is 5.76 Å². The first-order valence-corrected chi connectivity index (χ1v) is 7.35. The molecule has 1 atom stereocenters. The molecular weight excluding hydrogens is 286 g/mol. The summed E-state index contributed by atoms with van der Waals surface area (Å²) in [5.74, 6) is 0.242. The molecule has 3 rings (SSSR count). The molecule has 0 unspecified atom stereocenters. The van der Waals surface area contributed by atoms with E-state index in [1.54, 1.807) is 18.0 Å². The fraction of sp³-hybridized carbons (Fsp3) is 0.600. The van der Waals surface area contributed by atoms with Gasteiger partial charge in [0.1, 0.15) is 11.6 Å². The Bertz CT molecular complexity index is 591. The van der Waals surface area contributed by atoms with Crippen molar-refractivity contribution in [2.45, 2.75) is 18.6 Å². The quantitative estimate of drug-likeness (QED) is 0.823. The molecule has 1 N–H and O–H groups in total. The molecule has 0 aliphatic carbocycles. The van der Waals surface area contributed by atoms with Crippen LogP contribution in [0.3, 0.4) is 0 Å². The average Bonchev–Trinajstić information content (AvgIpc) is 2.89. The van der Waals surface area contributed by atoms with Crippen LogP contribution in [0.25, 0.3) is 0 Å². The van der Waals surface area contributed by atoms with Crippen LogP contribution in [-0.2, 0) is 9.53 Å². The van der Waals surface area contributed by atoms with E-state index < -0.39 is 0 Å². The van der Waals surface area contributed by atoms with Crippen LogP contribution in [0.2, 0.25) is 0 Å². The maximum atomic E-state index is 12.3. The van der Waals surface area contributed by atoms with Gasteiger partial charge in [0.25, 0.3) is 5.91 Å². The van der Waals surface area contributed by atoms with Crippen LogP contribution in [0.5, 0.6) is 0 Å². The van der Waals surface area contributed by atoms with E-state index in [9.17, 15) is 9.59 Å². The molecular formula is C15H21N3O4. The van der Waals surface area contributed by atoms with E-state index in [0.717, 1.165) is 5.56 Å². The predicted molar refractivity (Wildman–Crippen MR) is 78.5 cm³/mol. The molecule has 1 spiro atoms. The van der Waals surface area contributed by atoms with Crippen LogP contribution < -0.4 is 5.32 Å². The summed E-state index contributed by atoms with van der Waals surface area (Å²) in [5.41, 5.74) is 0.474. The van der Waals surface area contributed by atoms with Gasteiger partial charge in [-0.2, -0.15) is 0 Å². The highest BCUT2D eigenvalue weighted by Crippen LogP contribution is 2.32. The highest BCUT2D eigenvalue weighted by atomic mass is 16.5. The van der Waals surface area contributed by atoms with Crippen LogP contribution in [0.4, 0.5) is 0 Å². The molecule has 0 bridgehead atoms. The Morgan fingerprint density at radius 1 is 1.36 bits per heavy atom. The molecule has 2 amide bonds. The molecule has 120 valence electrons. The molecule has 0 radical (unpaired) electrons. The topological polar surface area (TPSA) is 75.0 Å². The number of aryl methyl sites for hydroxylation is 1. The third-order valence-electron chi connectivity index (χ3n) is 4.47. The number of rotatable bonds is 2. The summed E-state index contributed by atoms with van der Waals surface area (Å²) < 4.78 is 11.2. The van der Waals surface area contributed by atoms with Crippen molar-refractivity contribution >= 4 is 11.8 Å². The summed E-state index contributed by atoms with van der Waals surface area (Å²) in [7, 11) is 3.53. The molecule has 2 aliphatic rings. The van der Waals surface area contributed by atoms with Gasteiger partial charge < -0.3 is 19.4 Å². The Balaban J connectivity index is 1.60. The molecule has 3 heterocycles. The van der Waals surface area contributed by atoms with Gasteiger partial charge in [-0.25, -0.2) is 0 Å². The number of nitrogens with one attached hydrogen (secondary N) is 1. The summed E-state index contributed by atoms with van der Waals surface area (Å²) in [6.07, 6.45) is 1.52. The molecule has 1 aromatic rings. The second kappa shape index (κ2) is 5.40. The summed E-state index contributed by atoms with van der Waals surface area (Å²) >= 11 is 0. The standard InChI is InChI=1S/C15H21N3O4/c1-10-4-5-21-12(10)14(20)18-8-15(9-18)7-17(3)11(6-22-15)13(19)16-2/h4-5,11H,6-9H2,1-3H3,(H,16,19)/t11-/m1/s1. The molecule has 2 fully saturated rings. The fourth-order valence-electron chi connectivity index (χ4n) is 3.16. The van der Waals surface area contributed by atoms with Crippen molar-refractivity contribution in [2.24, 2.45) is 0 Å². The number of morpholine rings is 1. The third-order valence-corrected chi connectivity index (χ3v) is 4.47. The lowest BCUT2D eigenvalue weighted by Gasteiger charge is -2.54. The van der Waals surface area contributed by atoms with Crippen LogP contribution >= 0.6 is 0 Å². The molecule has 7 heteroatoms. The Kier molecular flexibility index (Phi) is 3.70. The molecule has 2 saturated heterocycles. The van der Waals surface area contributed by atoms with Gasteiger partial charge in [0, 0.05) is 19.2 Å². The van der Waals surface area contributed by atoms with Crippen molar-refractivity contribution in [3.05, 3.63) is 23.7 Å². The lowest BCUT2D eigenvalue weighted by molar-refractivity contribution is -0.187. The lowest BCUT2D eigenvalue weighted by Crippen LogP contribution is -2.73. The van der Waals surface area contributed by atoms with Crippen LogP contribution in [0.1, 0.15) is 16.1 Å². The summed E-state index contributed by atoms with van der Waals surface area (Å²) in [6, 6.07) is 1.51. The minimum Gasteiger partial charge on any atom is -0.459 e. The molecule has 0 aromatic carbocycles. The fourth-order valence-corrected chi connectivity index (χ4v) is 3.16. The SMILES string of the molecule is CNC(=O)[C@H]1COC2(CN(C(=O)c3occc3C)C2)CN1C. The van der Waals surface area contributed by atoms with Gasteiger partial charge >= 0.3 is 0 Å². The van der Waals surface area contributed by atoms with Crippen LogP contribution in [-0.4, -0.2) is 73.6 Å². The Morgan fingerprint density at radius 3 is 2.64 bits per heavy atom. The lowest BCUT2D eigenvalue weighted by atomic mass is 9.90. The van der Waals surface area contributed by atoms with Crippen molar-refractivity contribution in [3.63, 3.8) is 0 Å². The summed E-state index contributed by atoms with van der Waals surface area (Å²) in [4.78, 5) is 27.8. The number of furan rings is 1. The number of amides is 2. The first-order chi connectivity index (χ1) is 10.5. The minimum absolute atomic E-state index is 0.0455. The van der Waals surface area contributed by atoms with E-state index in [2.05, 4.69) is 5.32 Å². The van der Waals surface area contributed by atoms with E-state index in [4.69, 9.17) is 9.15 Å². The Labute approximate surface area is 129 Å². The molecule has 7 nitrogen and oxygen atoms in total. The van der Waals surface area contributed by atoms with E-state index in [1.165, 1.54) is 6.26 Å². The molecule has 22 heavy (non-hydrogen) atoms. The van der Waals surface area contributed by atoms with E-state index >= 15 is 0 Å². The first kappa shape index (κ1) is 15.1. The number of hydrogen-bond acceptors (Lipinski definition) is 5. The van der Waals surface area contributed by atoms with Crippen molar-refractivity contribution in [1.82, 2.24) is 15.1 Å². The number of ether oxygens (including phenoxy) is 1. The third kappa shape index (κ3) is 2.40. The van der Waals surface area contributed by atoms with E-state index in [1.807, 2.05) is 18.9 Å². The largest absolute Gasteiger partial charge is 0.459 e. The first-order valence-electron chi connectivity index (χ1n) is 7.35. The monoisotopic (exact) mass is 307 g/mol. The second-order valence-corrected chi connectivity index (χ2v) is 6.13. The van der Waals surface area contributed by atoms with Crippen molar-refractivity contribution < 1.29 is 18.7 Å². The van der Waals surface area contributed by atoms with E-state index in [-0.39, 0.29) is 23.5 Å². The number of likely N-dealkylation sites (tertiary alicyclic amines) is 1. The van der Waals surface area contributed by atoms with Gasteiger partial charge in [0.2, 0.25) is 5.91 Å². The van der Waals surface area contributed by atoms with Gasteiger partial charge in [-0.05, 0) is 20.0 Å². The minimum atomic E-state index is -0.366. The number of carbonyl (C=O) groups is 2. The average molecular weight is 307 g/mol. The zero-order valence-electron chi connectivity index (χ0n) is 13.1. The normalized spacial score (nSPS) is 24.1. The number of likely N-dealkylation sites (N-methyl/N-ethyl adjacent to an activating group) is 2. The van der Waals surface area contributed by atoms with Crippen LogP contribution in [0.15, 0.2) is 16.7 Å². The van der Waals surface area contributed by atoms with Gasteiger partial charge in [-0.15, -0.1) is 0 Å². The maximum absolute atomic E-state index is 12.3. The Morgan fingerprint density at radius 2 is 2.09 bits per heavy atom. The molecule has 1 aromatic heterocycles. The van der Waals surface area contributed by atoms with Crippen molar-refractivity contribution in [3.8, 4) is 0 Å². The highest BCUT2D eigenvalue weighted by Gasteiger charge is 2.51. The predicted octanol–water partition coefficient (Wildman–Crippen LogP) is -0.141. The molecule has 2 aliphatic heterocycles. The van der Waals surface area contributed by atoms with Gasteiger partial charge in [0.05, 0.1) is 26.0 Å². The zero-order valence-corrected chi connectivity index (χ0v) is 13.1. The van der Waals surface area contributed by atoms with Crippen molar-refractivity contribution in [1.29, 1.82) is 0 Å². The highest BCUT2D eigenvalue weighted by molar-refractivity contribution is 5.93. The maximum Gasteiger partial charge on any atom is 0.290 e. The van der Waals surface area contributed by atoms with E-state index in [0.29, 0.717) is 32.0 Å². The molecule has 0 saturated carbocycles. The Hall–Kier alpha value is -1.86. The second-order valence-electron chi connectivity index (χ2n) is 6.13. The smallest absolute Gasteiger partial charge is 0.290 e.